The molecule has 0 heterocycles. The zero-order valence-corrected chi connectivity index (χ0v) is 8.09. The highest BCUT2D eigenvalue weighted by Crippen LogP contribution is 2.43. The number of hydrogen-bond acceptors (Lipinski definition) is 3. The van der Waals surface area contributed by atoms with Gasteiger partial charge in [-0.2, -0.15) is 26.3 Å². The average Bonchev–Trinajstić information content (AvgIpc) is 2.13. The summed E-state index contributed by atoms with van der Waals surface area (Å²) < 4.78 is 76.3. The lowest BCUT2D eigenvalue weighted by molar-refractivity contribution is -0.377. The lowest BCUT2D eigenvalue weighted by Gasteiger charge is -2.31. The number of nitrogens with zero attached hydrogens (tertiary/aromatic N) is 3. The third-order valence-electron chi connectivity index (χ3n) is 1.65. The maximum atomic E-state index is 12.0. The van der Waals surface area contributed by atoms with Crippen molar-refractivity contribution >= 4 is 0 Å². The van der Waals surface area contributed by atoms with Crippen molar-refractivity contribution in [3.05, 3.63) is 10.4 Å². The minimum atomic E-state index is -5.91. The molecule has 0 aromatic heterocycles. The van der Waals surface area contributed by atoms with Crippen LogP contribution in [-0.4, -0.2) is 42.8 Å². The molecule has 0 aliphatic heterocycles. The Bertz CT molecular complexity index is 281. The van der Waals surface area contributed by atoms with Gasteiger partial charge >= 0.3 is 12.4 Å². The number of aliphatic hydroxyl groups is 1. The number of halogens is 6. The molecule has 0 saturated heterocycles. The molecule has 1 N–H and O–H groups in total. The first kappa shape index (κ1) is 15.8. The summed E-state index contributed by atoms with van der Waals surface area (Å²) in [6.45, 7) is -3.12. The molecule has 0 unspecified atom stereocenters. The third kappa shape index (κ3) is 3.95. The summed E-state index contributed by atoms with van der Waals surface area (Å²) in [6.07, 6.45) is -11.8. The Hall–Kier alpha value is -1.19. The van der Waals surface area contributed by atoms with E-state index in [1.807, 2.05) is 0 Å². The first-order valence-electron chi connectivity index (χ1n) is 4.00. The van der Waals surface area contributed by atoms with Gasteiger partial charge < -0.3 is 9.84 Å². The fourth-order valence-electron chi connectivity index (χ4n) is 0.694. The largest absolute Gasteiger partial charge is 0.428 e. The minimum Gasteiger partial charge on any atom is -0.378 e. The van der Waals surface area contributed by atoms with E-state index in [1.54, 1.807) is 0 Å². The minimum absolute atomic E-state index is 0.442. The molecule has 0 radical (unpaired) electrons. The van der Waals surface area contributed by atoms with Crippen molar-refractivity contribution in [2.24, 2.45) is 5.11 Å². The molecule has 0 fully saturated rings. The van der Waals surface area contributed by atoms with E-state index in [0.717, 1.165) is 0 Å². The van der Waals surface area contributed by atoms with Crippen molar-refractivity contribution < 1.29 is 36.2 Å². The van der Waals surface area contributed by atoms with E-state index in [9.17, 15) is 26.3 Å². The van der Waals surface area contributed by atoms with Gasteiger partial charge in [-0.25, -0.2) is 0 Å². The van der Waals surface area contributed by atoms with Crippen LogP contribution in [-0.2, 0) is 4.74 Å². The van der Waals surface area contributed by atoms with E-state index in [-0.39, 0.29) is 0 Å². The summed E-state index contributed by atoms with van der Waals surface area (Å²) in [6, 6.07) is 0. The number of hydrogen-bond donors (Lipinski definition) is 1. The van der Waals surface area contributed by atoms with E-state index in [2.05, 4.69) is 14.8 Å². The van der Waals surface area contributed by atoms with Gasteiger partial charge in [0.05, 0.1) is 13.2 Å². The molecule has 0 aliphatic carbocycles. The summed E-state index contributed by atoms with van der Waals surface area (Å²) in [5, 5.41) is 11.4. The van der Waals surface area contributed by atoms with Crippen LogP contribution in [0, 0.1) is 0 Å². The lowest BCUT2D eigenvalue weighted by Crippen LogP contribution is -2.60. The highest BCUT2D eigenvalue weighted by molar-refractivity contribution is 4.93. The summed E-state index contributed by atoms with van der Waals surface area (Å²) in [5.74, 6) is 0. The van der Waals surface area contributed by atoms with Crippen LogP contribution in [0.2, 0.25) is 0 Å². The molecule has 0 amide bonds. The number of azide groups is 1. The Balaban J connectivity index is 4.59. The first-order chi connectivity index (χ1) is 7.56. The van der Waals surface area contributed by atoms with Crippen LogP contribution in [0.15, 0.2) is 5.11 Å². The van der Waals surface area contributed by atoms with Gasteiger partial charge in [-0.3, -0.25) is 0 Å². The van der Waals surface area contributed by atoms with Gasteiger partial charge in [-0.15, -0.1) is 0 Å². The maximum Gasteiger partial charge on any atom is 0.428 e. The molecule has 100 valence electrons. The highest BCUT2D eigenvalue weighted by atomic mass is 19.4. The molecule has 0 atom stereocenters. The van der Waals surface area contributed by atoms with Crippen LogP contribution >= 0.6 is 0 Å². The van der Waals surface area contributed by atoms with Crippen LogP contribution in [0.25, 0.3) is 10.4 Å². The zero-order chi connectivity index (χ0) is 13.7. The van der Waals surface area contributed by atoms with Crippen LogP contribution in [0.5, 0.6) is 0 Å². The quantitative estimate of drug-likeness (QED) is 0.272. The van der Waals surface area contributed by atoms with Crippen molar-refractivity contribution in [2.75, 3.05) is 19.8 Å². The Labute approximate surface area is 90.6 Å². The molecule has 0 aromatic carbocycles. The lowest BCUT2D eigenvalue weighted by atomic mass is 10.1. The van der Waals surface area contributed by atoms with E-state index >= 15 is 0 Å². The topological polar surface area (TPSA) is 78.2 Å². The van der Waals surface area contributed by atoms with Gasteiger partial charge in [0.2, 0.25) is 0 Å². The van der Waals surface area contributed by atoms with Crippen molar-refractivity contribution in [1.82, 2.24) is 0 Å². The molecule has 0 aliphatic rings. The van der Waals surface area contributed by atoms with Gasteiger partial charge in [0.15, 0.2) is 0 Å². The predicted molar refractivity (Wildman–Crippen MR) is 41.9 cm³/mol. The normalized spacial score (nSPS) is 13.4. The maximum absolute atomic E-state index is 12.0. The molecule has 0 aromatic rings. The molecule has 0 bridgehead atoms. The summed E-state index contributed by atoms with van der Waals surface area (Å²) in [7, 11) is 0. The number of alkyl halides is 6. The Kier molecular flexibility index (Phi) is 5.05. The molecule has 0 saturated carbocycles. The summed E-state index contributed by atoms with van der Waals surface area (Å²) >= 11 is 0. The monoisotopic (exact) mass is 267 g/mol. The second kappa shape index (κ2) is 5.43. The van der Waals surface area contributed by atoms with Gasteiger partial charge in [0.25, 0.3) is 5.60 Å². The SMILES string of the molecule is [N-]=[N+]=NCCOCC(O)(C(F)(F)F)C(F)(F)F. The van der Waals surface area contributed by atoms with Crippen LogP contribution in [0.4, 0.5) is 26.3 Å². The van der Waals surface area contributed by atoms with Crippen molar-refractivity contribution in [3.8, 4) is 0 Å². The Morgan fingerprint density at radius 1 is 1.12 bits per heavy atom. The van der Waals surface area contributed by atoms with Crippen molar-refractivity contribution in [1.29, 1.82) is 0 Å². The number of ether oxygens (including phenoxy) is 1. The Morgan fingerprint density at radius 2 is 1.59 bits per heavy atom. The van der Waals surface area contributed by atoms with E-state index in [4.69, 9.17) is 10.6 Å². The predicted octanol–water partition coefficient (Wildman–Crippen LogP) is 2.17. The van der Waals surface area contributed by atoms with Crippen molar-refractivity contribution in [3.63, 3.8) is 0 Å². The van der Waals surface area contributed by atoms with E-state index in [1.165, 1.54) is 0 Å². The fraction of sp³-hybridized carbons (Fsp3) is 1.00. The molecule has 0 rings (SSSR count). The molecule has 5 nitrogen and oxygen atoms in total. The smallest absolute Gasteiger partial charge is 0.378 e. The van der Waals surface area contributed by atoms with E-state index in [0.29, 0.717) is 0 Å². The molecule has 11 heteroatoms. The van der Waals surface area contributed by atoms with Gasteiger partial charge in [0, 0.05) is 11.5 Å². The van der Waals surface area contributed by atoms with Gasteiger partial charge in [0.1, 0.15) is 0 Å². The highest BCUT2D eigenvalue weighted by Gasteiger charge is 2.70. The Morgan fingerprint density at radius 3 is 1.94 bits per heavy atom. The van der Waals surface area contributed by atoms with Gasteiger partial charge in [-0.05, 0) is 5.53 Å². The summed E-state index contributed by atoms with van der Waals surface area (Å²) in [4.78, 5) is 2.21. The van der Waals surface area contributed by atoms with Crippen molar-refractivity contribution in [2.45, 2.75) is 18.0 Å². The number of rotatable bonds is 5. The fourth-order valence-corrected chi connectivity index (χ4v) is 0.694. The molecular weight excluding hydrogens is 260 g/mol. The standard InChI is InChI=1S/C6H7F6N3O2/c7-5(8,9)4(16,6(10,11)12)3-17-2-1-14-15-13/h16H,1-3H2. The second-order valence-corrected chi connectivity index (χ2v) is 2.86. The van der Waals surface area contributed by atoms with Crippen LogP contribution in [0.3, 0.4) is 0 Å². The molecular formula is C6H7F6N3O2. The first-order valence-corrected chi connectivity index (χ1v) is 4.00. The zero-order valence-electron chi connectivity index (χ0n) is 8.09. The van der Waals surface area contributed by atoms with Crippen LogP contribution in [0.1, 0.15) is 0 Å². The van der Waals surface area contributed by atoms with Gasteiger partial charge in [-0.1, -0.05) is 5.11 Å². The average molecular weight is 267 g/mol. The molecule has 0 spiro atoms. The second-order valence-electron chi connectivity index (χ2n) is 2.86. The van der Waals surface area contributed by atoms with E-state index < -0.39 is 37.7 Å². The third-order valence-corrected chi connectivity index (χ3v) is 1.65. The molecule has 17 heavy (non-hydrogen) atoms. The summed E-state index contributed by atoms with van der Waals surface area (Å²) in [5.41, 5.74) is 2.84. The van der Waals surface area contributed by atoms with Crippen LogP contribution < -0.4 is 0 Å².